The van der Waals surface area contributed by atoms with E-state index in [1.807, 2.05) is 30.3 Å². The van der Waals surface area contributed by atoms with Crippen LogP contribution in [0.2, 0.25) is 17.3 Å². The SMILES string of the molecule is CC(C)Cc1cc(-c2[c-]cccc2)nc[c]1[Ge]([CH3])([CH3])[CH3].CC(C)c1cc(-c2ccccc2)cc(C(C)C)c1-n1c(-c2[c-]sc3ccc(-c4ccc5oc6ccccc6c5c4)cc23)nc2ccccc21.[Ir]. The van der Waals surface area contributed by atoms with Gasteiger partial charge in [-0.1, -0.05) is 128 Å². The van der Waals surface area contributed by atoms with Crippen molar-refractivity contribution in [3.63, 3.8) is 0 Å². The van der Waals surface area contributed by atoms with Gasteiger partial charge >= 0.3 is 126 Å². The number of fused-ring (bicyclic) bond motifs is 5. The maximum Gasteiger partial charge on any atom is 0.135 e. The monoisotopic (exact) mass is 1170 g/mol. The fraction of sp³-hybridized carbons (Fsp3) is 0.206. The van der Waals surface area contributed by atoms with E-state index >= 15 is 0 Å². The largest absolute Gasteiger partial charge is 0.456 e. The molecule has 7 heteroatoms. The Morgan fingerprint density at radius 1 is 0.629 bits per heavy atom. The molecule has 0 N–H and O–H groups in total. The summed E-state index contributed by atoms with van der Waals surface area (Å²) in [7, 11) is 0. The maximum atomic E-state index is 6.13. The summed E-state index contributed by atoms with van der Waals surface area (Å²) in [6.45, 7) is 13.8. The molecule has 4 heterocycles. The van der Waals surface area contributed by atoms with Gasteiger partial charge in [0.25, 0.3) is 0 Å². The molecule has 353 valence electrons. The molecule has 0 aliphatic rings. The molecule has 0 bridgehead atoms. The summed E-state index contributed by atoms with van der Waals surface area (Å²) < 4.78 is 11.3. The molecule has 0 unspecified atom stereocenters. The summed E-state index contributed by atoms with van der Waals surface area (Å²) in [4.78, 5) is 10.1. The number of aromatic nitrogens is 3. The van der Waals surface area contributed by atoms with E-state index in [1.165, 1.54) is 38.2 Å². The van der Waals surface area contributed by atoms with E-state index < -0.39 is 13.3 Å². The second-order valence-corrected chi connectivity index (χ2v) is 31.8. The van der Waals surface area contributed by atoms with E-state index in [4.69, 9.17) is 14.4 Å². The zero-order chi connectivity index (χ0) is 48.0. The number of thiophene rings is 1. The number of nitrogens with zero attached hydrogens (tertiary/aromatic N) is 3. The van der Waals surface area contributed by atoms with Crippen LogP contribution in [0.1, 0.15) is 70.1 Å². The average Bonchev–Trinajstić information content (AvgIpc) is 4.06. The van der Waals surface area contributed by atoms with E-state index in [2.05, 4.69) is 208 Å². The van der Waals surface area contributed by atoms with Gasteiger partial charge in [0.15, 0.2) is 0 Å². The van der Waals surface area contributed by atoms with Gasteiger partial charge in [-0.25, -0.2) is 0 Å². The van der Waals surface area contributed by atoms with Gasteiger partial charge in [-0.05, 0) is 87.7 Å². The summed E-state index contributed by atoms with van der Waals surface area (Å²) >= 11 is -0.198. The molecule has 0 saturated heterocycles. The van der Waals surface area contributed by atoms with Gasteiger partial charge in [-0.15, -0.1) is 5.39 Å². The van der Waals surface area contributed by atoms with Crippen molar-refractivity contribution in [3.8, 4) is 50.6 Å². The molecule has 0 saturated carbocycles. The molecule has 4 nitrogen and oxygen atoms in total. The van der Waals surface area contributed by atoms with Crippen LogP contribution >= 0.6 is 11.3 Å². The molecule has 11 rings (SSSR count). The van der Waals surface area contributed by atoms with Crippen LogP contribution in [0.15, 0.2) is 168 Å². The van der Waals surface area contributed by atoms with Crippen LogP contribution in [-0.2, 0) is 26.5 Å². The summed E-state index contributed by atoms with van der Waals surface area (Å²) in [5, 5.41) is 7.14. The topological polar surface area (TPSA) is 43.9 Å². The van der Waals surface area contributed by atoms with Gasteiger partial charge in [0, 0.05) is 36.6 Å². The van der Waals surface area contributed by atoms with Crippen LogP contribution in [0.3, 0.4) is 0 Å². The minimum atomic E-state index is -1.86. The van der Waals surface area contributed by atoms with Crippen molar-refractivity contribution in [3.05, 3.63) is 192 Å². The molecule has 0 fully saturated rings. The third-order valence-electron chi connectivity index (χ3n) is 13.2. The van der Waals surface area contributed by atoms with E-state index in [0.717, 1.165) is 78.6 Å². The molecule has 0 aliphatic carbocycles. The molecule has 0 atom stereocenters. The first-order valence-corrected chi connectivity index (χ1v) is 32.5. The van der Waals surface area contributed by atoms with Crippen molar-refractivity contribution in [2.75, 3.05) is 0 Å². The predicted molar refractivity (Wildman–Crippen MR) is 297 cm³/mol. The predicted octanol–water partition coefficient (Wildman–Crippen LogP) is 17.5. The molecule has 11 aromatic rings. The Balaban J connectivity index is 0.000000244. The minimum absolute atomic E-state index is 0. The Bertz CT molecular complexity index is 3590. The van der Waals surface area contributed by atoms with Crippen molar-refractivity contribution in [1.29, 1.82) is 0 Å². The Labute approximate surface area is 433 Å². The molecule has 1 radical (unpaired) electrons. The number of imidazole rings is 1. The van der Waals surface area contributed by atoms with Gasteiger partial charge in [-0.2, -0.15) is 0 Å². The molecule has 7 aromatic carbocycles. The fourth-order valence-electron chi connectivity index (χ4n) is 9.74. The van der Waals surface area contributed by atoms with Gasteiger partial charge in [0.1, 0.15) is 11.2 Å². The fourth-order valence-corrected chi connectivity index (χ4v) is 13.9. The van der Waals surface area contributed by atoms with Crippen molar-refractivity contribution >= 4 is 72.1 Å². The van der Waals surface area contributed by atoms with Crippen molar-refractivity contribution in [1.82, 2.24) is 14.5 Å². The van der Waals surface area contributed by atoms with Gasteiger partial charge in [0.2, 0.25) is 0 Å². The first-order chi connectivity index (χ1) is 33.3. The summed E-state index contributed by atoms with van der Waals surface area (Å²) in [6.07, 6.45) is 3.27. The minimum Gasteiger partial charge on any atom is -0.456 e. The van der Waals surface area contributed by atoms with Gasteiger partial charge in [-0.3, -0.25) is 16.3 Å². The third kappa shape index (κ3) is 9.77. The van der Waals surface area contributed by atoms with E-state index in [-0.39, 0.29) is 20.1 Å². The van der Waals surface area contributed by atoms with E-state index in [1.54, 1.807) is 15.7 Å². The van der Waals surface area contributed by atoms with Crippen molar-refractivity contribution < 1.29 is 24.5 Å². The molecule has 0 amide bonds. The summed E-state index contributed by atoms with van der Waals surface area (Å²) in [5.41, 5.74) is 17.2. The Hall–Kier alpha value is -5.89. The number of hydrogen-bond donors (Lipinski definition) is 0. The number of rotatable bonds is 10. The molecule has 70 heavy (non-hydrogen) atoms. The van der Waals surface area contributed by atoms with E-state index in [0.29, 0.717) is 17.8 Å². The first kappa shape index (κ1) is 49.1. The maximum absolute atomic E-state index is 6.13. The van der Waals surface area contributed by atoms with Crippen molar-refractivity contribution in [2.24, 2.45) is 5.92 Å². The molecular formula is C63H59GeIrN3OS-2. The number of furan rings is 1. The zero-order valence-electron chi connectivity index (χ0n) is 41.5. The average molecular weight is 1170 g/mol. The van der Waals surface area contributed by atoms with E-state index in [9.17, 15) is 0 Å². The van der Waals surface area contributed by atoms with Crippen LogP contribution in [-0.4, -0.2) is 27.8 Å². The van der Waals surface area contributed by atoms with Crippen LogP contribution in [0.25, 0.3) is 93.6 Å². The molecule has 0 aliphatic heterocycles. The standard InChI is InChI=1S/C45H35N2OS.C18H24GeN.Ir/c1-27(2)34-24-32(29-12-6-5-7-13-29)25-35(28(3)4)44(34)47-40-16-10-9-15-39(40)46-45(47)38-26-49-43-21-19-31(23-37(38)43)30-18-20-42-36(22-30)33-14-8-11-17-41(33)48-42;1-14(2)11-16-12-18(15-9-7-6-8-10-15)20-13-17(16)19(3,4)5;/h5-25,27-28H,1-4H3;6-9,12-14H,11H2,1-5H3;/q2*-1;. The molecule has 4 aromatic heterocycles. The number of pyridine rings is 1. The third-order valence-corrected chi connectivity index (χ3v) is 18.4. The normalized spacial score (nSPS) is 11.8. The van der Waals surface area contributed by atoms with Crippen LogP contribution < -0.4 is 4.40 Å². The number of benzene rings is 7. The van der Waals surface area contributed by atoms with Crippen LogP contribution in [0, 0.1) is 17.4 Å². The second kappa shape index (κ2) is 20.5. The number of hydrogen-bond acceptors (Lipinski definition) is 4. The van der Waals surface area contributed by atoms with Gasteiger partial charge in [0.05, 0.1) is 16.9 Å². The van der Waals surface area contributed by atoms with Crippen molar-refractivity contribution in [2.45, 2.75) is 77.1 Å². The van der Waals surface area contributed by atoms with Gasteiger partial charge < -0.3 is 8.98 Å². The van der Waals surface area contributed by atoms with Crippen LogP contribution in [0.4, 0.5) is 0 Å². The quantitative estimate of drug-likeness (QED) is 0.101. The second-order valence-electron chi connectivity index (χ2n) is 20.4. The Morgan fingerprint density at radius 3 is 1.99 bits per heavy atom. The van der Waals surface area contributed by atoms with Crippen LogP contribution in [0.5, 0.6) is 0 Å². The molecular weight excluding hydrogens is 1110 g/mol. The summed E-state index contributed by atoms with van der Waals surface area (Å²) in [5.74, 6) is 9.52. The first-order valence-electron chi connectivity index (χ1n) is 24.4. The smallest absolute Gasteiger partial charge is 0.135 e. The Kier molecular flexibility index (Phi) is 14.3. The number of para-hydroxylation sites is 3. The molecule has 0 spiro atoms. The zero-order valence-corrected chi connectivity index (χ0v) is 46.8. The summed E-state index contributed by atoms with van der Waals surface area (Å²) in [6, 6.07) is 59.2. The Morgan fingerprint density at radius 2 is 1.29 bits per heavy atom.